The number of rotatable bonds is 0. The molecule has 0 fully saturated rings. The Kier molecular flexibility index (Phi) is 135. The van der Waals surface area contributed by atoms with Gasteiger partial charge in [0.05, 0.1) is 0 Å². The summed E-state index contributed by atoms with van der Waals surface area (Å²) < 4.78 is 0. The Morgan fingerprint density at radius 2 is 1.25 bits per heavy atom. The molecule has 1 N–H and O–H groups in total. The predicted octanol–water partition coefficient (Wildman–Crippen LogP) is -6.38. The normalized spacial score (nSPS) is 1.50. The molecule has 0 aromatic rings. The molecule has 0 radical (unpaired) electrons. The van der Waals surface area contributed by atoms with E-state index < -0.39 is 0 Å². The topological polar surface area (TPSA) is 20.2 Å². The van der Waals surface area contributed by atoms with Crippen LogP contribution in [0, 0.1) is 0 Å². The molecule has 0 aliphatic rings. The van der Waals surface area contributed by atoms with Crippen LogP contribution in [0.5, 0.6) is 0 Å². The second-order valence-corrected chi connectivity index (χ2v) is 0. The van der Waals surface area contributed by atoms with Crippen LogP contribution in [0.1, 0.15) is 0 Å². The molecule has 0 rings (SSSR count). The third kappa shape index (κ3) is 10.5. The van der Waals surface area contributed by atoms with Crippen LogP contribution in [0.15, 0.2) is 0 Å². The molecule has 0 bridgehead atoms. The van der Waals surface area contributed by atoms with E-state index in [9.17, 15) is 0 Å². The molecule has 4 heavy (non-hydrogen) atoms. The number of halogens is 1. The summed E-state index contributed by atoms with van der Waals surface area (Å²) >= 11 is 0. The Morgan fingerprint density at radius 3 is 1.25 bits per heavy atom. The van der Waals surface area contributed by atoms with E-state index in [1.54, 1.807) is 0 Å². The summed E-state index contributed by atoms with van der Waals surface area (Å²) in [5, 5.41) is 7.00. The van der Waals surface area contributed by atoms with Gasteiger partial charge in [0.1, 0.15) is 0 Å². The van der Waals surface area contributed by atoms with Crippen molar-refractivity contribution in [3.05, 3.63) is 0 Å². The fourth-order valence-corrected chi connectivity index (χ4v) is 0. The standard InChI is InChI=1S/CH4O.ClH.Na/c1-2;;/h2H,1H3;1H;/q;;+1/p-1. The monoisotopic (exact) mass is 90.0 g/mol. The van der Waals surface area contributed by atoms with Gasteiger partial charge in [-0.15, -0.1) is 0 Å². The zero-order valence-electron chi connectivity index (χ0n) is 2.83. The van der Waals surface area contributed by atoms with Gasteiger partial charge in [-0.2, -0.15) is 0 Å². The Bertz CT molecular complexity index is 8.00. The van der Waals surface area contributed by atoms with Crippen molar-refractivity contribution in [3.8, 4) is 0 Å². The van der Waals surface area contributed by atoms with Gasteiger partial charge >= 0.3 is 29.6 Å². The van der Waals surface area contributed by atoms with E-state index in [4.69, 9.17) is 5.11 Å². The molecule has 0 spiro atoms. The Balaban J connectivity index is -0.00000000500. The minimum atomic E-state index is 0. The maximum atomic E-state index is 7.00. The Hall–Kier alpha value is 1.25. The number of hydrogen-bond acceptors (Lipinski definition) is 1. The molecule has 0 aromatic heterocycles. The van der Waals surface area contributed by atoms with E-state index >= 15 is 0 Å². The van der Waals surface area contributed by atoms with E-state index in [-0.39, 0.29) is 42.0 Å². The van der Waals surface area contributed by atoms with Gasteiger partial charge in [0.2, 0.25) is 0 Å². The molecule has 0 aliphatic carbocycles. The number of aliphatic hydroxyl groups is 1. The Labute approximate surface area is 54.1 Å². The molecule has 0 saturated heterocycles. The molecule has 0 aliphatic heterocycles. The van der Waals surface area contributed by atoms with Gasteiger partial charge in [0.15, 0.2) is 0 Å². The third-order valence-electron chi connectivity index (χ3n) is 0. The SMILES string of the molecule is CO.[Cl-].[Na+]. The molecule has 0 amide bonds. The van der Waals surface area contributed by atoms with E-state index in [2.05, 4.69) is 0 Å². The van der Waals surface area contributed by atoms with Crippen molar-refractivity contribution in [2.24, 2.45) is 0 Å². The molecule has 0 saturated carbocycles. The number of aliphatic hydroxyl groups excluding tert-OH is 1. The average Bonchev–Trinajstić information content (AvgIpc) is 1.00. The van der Waals surface area contributed by atoms with Crippen molar-refractivity contribution in [3.63, 3.8) is 0 Å². The first-order valence-corrected chi connectivity index (χ1v) is 0.447. The van der Waals surface area contributed by atoms with Gasteiger partial charge in [0.25, 0.3) is 0 Å². The van der Waals surface area contributed by atoms with Gasteiger partial charge in [-0.3, -0.25) is 0 Å². The van der Waals surface area contributed by atoms with Crippen LogP contribution in [0.2, 0.25) is 0 Å². The zero-order chi connectivity index (χ0) is 2.00. The van der Waals surface area contributed by atoms with Gasteiger partial charge in [-0.05, 0) is 0 Å². The van der Waals surface area contributed by atoms with E-state index in [1.807, 2.05) is 0 Å². The van der Waals surface area contributed by atoms with Gasteiger partial charge in [0, 0.05) is 7.11 Å². The molecule has 22 valence electrons. The fourth-order valence-electron chi connectivity index (χ4n) is 0. The molecule has 3 heteroatoms. The molecule has 0 aromatic carbocycles. The van der Waals surface area contributed by atoms with E-state index in [0.717, 1.165) is 7.11 Å². The summed E-state index contributed by atoms with van der Waals surface area (Å²) in [6.45, 7) is 0. The van der Waals surface area contributed by atoms with Crippen LogP contribution in [0.4, 0.5) is 0 Å². The van der Waals surface area contributed by atoms with Crippen LogP contribution >= 0.6 is 0 Å². The number of hydrogen-bond donors (Lipinski definition) is 1. The predicted molar refractivity (Wildman–Crippen MR) is 8.14 cm³/mol. The molecule has 0 atom stereocenters. The molecular formula is CH4ClNaO. The minimum absolute atomic E-state index is 0. The van der Waals surface area contributed by atoms with Crippen LogP contribution in [-0.2, 0) is 0 Å². The van der Waals surface area contributed by atoms with Crippen LogP contribution in [0.25, 0.3) is 0 Å². The first kappa shape index (κ1) is 18.7. The van der Waals surface area contributed by atoms with E-state index in [0.29, 0.717) is 0 Å². The summed E-state index contributed by atoms with van der Waals surface area (Å²) in [6, 6.07) is 0. The first-order chi connectivity index (χ1) is 1.00. The van der Waals surface area contributed by atoms with Crippen molar-refractivity contribution in [2.75, 3.05) is 7.11 Å². The van der Waals surface area contributed by atoms with Crippen molar-refractivity contribution in [2.45, 2.75) is 0 Å². The van der Waals surface area contributed by atoms with Crippen LogP contribution in [0.3, 0.4) is 0 Å². The molecule has 1 nitrogen and oxygen atoms in total. The van der Waals surface area contributed by atoms with Crippen LogP contribution in [-0.4, -0.2) is 12.2 Å². The molecule has 0 unspecified atom stereocenters. The third-order valence-corrected chi connectivity index (χ3v) is 0. The van der Waals surface area contributed by atoms with Crippen molar-refractivity contribution in [1.29, 1.82) is 0 Å². The summed E-state index contributed by atoms with van der Waals surface area (Å²) in [7, 11) is 1.00. The second kappa shape index (κ2) is 28.7. The van der Waals surface area contributed by atoms with Crippen LogP contribution < -0.4 is 42.0 Å². The van der Waals surface area contributed by atoms with Gasteiger partial charge in [-0.25, -0.2) is 0 Å². The summed E-state index contributed by atoms with van der Waals surface area (Å²) in [5.41, 5.74) is 0. The molecular weight excluding hydrogens is 86.5 g/mol. The maximum absolute atomic E-state index is 7.00. The largest absolute Gasteiger partial charge is 1.00 e. The van der Waals surface area contributed by atoms with Crippen molar-refractivity contribution < 1.29 is 47.1 Å². The second-order valence-electron chi connectivity index (χ2n) is 0. The Morgan fingerprint density at radius 1 is 1.25 bits per heavy atom. The quantitative estimate of drug-likeness (QED) is 0.294. The minimum Gasteiger partial charge on any atom is -1.00 e. The smallest absolute Gasteiger partial charge is 1.00 e. The van der Waals surface area contributed by atoms with Gasteiger partial charge in [-0.1, -0.05) is 0 Å². The fraction of sp³-hybridized carbons (Fsp3) is 1.00. The molecule has 0 heterocycles. The van der Waals surface area contributed by atoms with Crippen molar-refractivity contribution >= 4 is 0 Å². The van der Waals surface area contributed by atoms with Crippen molar-refractivity contribution in [1.82, 2.24) is 0 Å². The van der Waals surface area contributed by atoms with E-state index in [1.165, 1.54) is 0 Å². The summed E-state index contributed by atoms with van der Waals surface area (Å²) in [6.07, 6.45) is 0. The summed E-state index contributed by atoms with van der Waals surface area (Å²) in [5.74, 6) is 0. The summed E-state index contributed by atoms with van der Waals surface area (Å²) in [4.78, 5) is 0. The maximum Gasteiger partial charge on any atom is 1.00 e. The first-order valence-electron chi connectivity index (χ1n) is 0.447. The zero-order valence-corrected chi connectivity index (χ0v) is 5.58. The van der Waals surface area contributed by atoms with Gasteiger partial charge < -0.3 is 17.5 Å². The average molecular weight is 90.5 g/mol.